The number of anilines is 1. The van der Waals surface area contributed by atoms with E-state index in [9.17, 15) is 12.8 Å². The number of benzene rings is 1. The number of furan rings is 1. The summed E-state index contributed by atoms with van der Waals surface area (Å²) in [4.78, 5) is 0. The van der Waals surface area contributed by atoms with Gasteiger partial charge in [-0.15, -0.1) is 0 Å². The van der Waals surface area contributed by atoms with Crippen molar-refractivity contribution in [2.45, 2.75) is 11.6 Å². The van der Waals surface area contributed by atoms with Crippen LogP contribution in [0.1, 0.15) is 5.76 Å². The first-order chi connectivity index (χ1) is 9.33. The van der Waals surface area contributed by atoms with Crippen LogP contribution in [0, 0.1) is 5.82 Å². The minimum atomic E-state index is -3.97. The number of halogens is 3. The summed E-state index contributed by atoms with van der Waals surface area (Å²) in [5.74, 6) is -0.261. The van der Waals surface area contributed by atoms with Crippen LogP contribution in [-0.2, 0) is 16.6 Å². The van der Waals surface area contributed by atoms with E-state index in [1.165, 1.54) is 12.1 Å². The zero-order chi connectivity index (χ0) is 14.9. The molecule has 1 aromatic carbocycles. The summed E-state index contributed by atoms with van der Waals surface area (Å²) in [7, 11) is -3.97. The average molecular weight is 384 g/mol. The van der Waals surface area contributed by atoms with E-state index >= 15 is 0 Å². The lowest BCUT2D eigenvalue weighted by Crippen LogP contribution is -2.13. The van der Waals surface area contributed by atoms with Crippen LogP contribution in [0.4, 0.5) is 10.1 Å². The largest absolute Gasteiger partial charge is 0.446 e. The first kappa shape index (κ1) is 15.3. The van der Waals surface area contributed by atoms with Gasteiger partial charge in [-0.05, 0) is 40.2 Å². The first-order valence-electron chi connectivity index (χ1n) is 5.29. The van der Waals surface area contributed by atoms with Gasteiger partial charge in [-0.25, -0.2) is 4.39 Å². The molecule has 0 radical (unpaired) electrons. The molecule has 0 amide bonds. The molecule has 9 heteroatoms. The molecule has 0 unspecified atom stereocenters. The van der Waals surface area contributed by atoms with Gasteiger partial charge < -0.3 is 10.2 Å². The molecule has 5 nitrogen and oxygen atoms in total. The average Bonchev–Trinajstić information content (AvgIpc) is 2.83. The molecule has 1 heterocycles. The van der Waals surface area contributed by atoms with Crippen LogP contribution in [0.2, 0.25) is 5.02 Å². The number of nitrogens with one attached hydrogen (secondary N) is 1. The Balaban J connectivity index is 2.38. The molecule has 0 fully saturated rings. The van der Waals surface area contributed by atoms with E-state index in [-0.39, 0.29) is 26.8 Å². The molecule has 0 saturated heterocycles. The van der Waals surface area contributed by atoms with E-state index in [2.05, 4.69) is 20.7 Å². The third kappa shape index (κ3) is 3.14. The van der Waals surface area contributed by atoms with Crippen molar-refractivity contribution in [2.75, 3.05) is 4.72 Å². The topological polar surface area (TPSA) is 85.3 Å². The van der Waals surface area contributed by atoms with Crippen molar-refractivity contribution in [1.29, 1.82) is 0 Å². The van der Waals surface area contributed by atoms with Gasteiger partial charge in [0.1, 0.15) is 11.6 Å². The molecule has 0 spiro atoms. The van der Waals surface area contributed by atoms with E-state index < -0.39 is 15.8 Å². The smallest absolute Gasteiger partial charge is 0.295 e. The van der Waals surface area contributed by atoms with Crippen molar-refractivity contribution in [1.82, 2.24) is 0 Å². The van der Waals surface area contributed by atoms with E-state index in [4.69, 9.17) is 21.8 Å². The fourth-order valence-electron chi connectivity index (χ4n) is 1.44. The van der Waals surface area contributed by atoms with Gasteiger partial charge >= 0.3 is 0 Å². The molecule has 0 atom stereocenters. The van der Waals surface area contributed by atoms with Crippen LogP contribution in [-0.4, -0.2) is 8.42 Å². The van der Waals surface area contributed by atoms with Gasteiger partial charge in [0, 0.05) is 4.47 Å². The van der Waals surface area contributed by atoms with Crippen LogP contribution in [0.25, 0.3) is 0 Å². The zero-order valence-electron chi connectivity index (χ0n) is 9.86. The highest BCUT2D eigenvalue weighted by atomic mass is 79.9. The van der Waals surface area contributed by atoms with E-state index in [1.54, 1.807) is 0 Å². The summed E-state index contributed by atoms with van der Waals surface area (Å²) in [6.07, 6.45) is 0. The van der Waals surface area contributed by atoms with E-state index in [1.807, 2.05) is 0 Å². The highest BCUT2D eigenvalue weighted by molar-refractivity contribution is 9.10. The second kappa shape index (κ2) is 5.72. The van der Waals surface area contributed by atoms with E-state index in [0.717, 1.165) is 12.1 Å². The van der Waals surface area contributed by atoms with Crippen LogP contribution < -0.4 is 10.5 Å². The summed E-state index contributed by atoms with van der Waals surface area (Å²) >= 11 is 8.85. The second-order valence-corrected chi connectivity index (χ2v) is 6.65. The third-order valence-electron chi connectivity index (χ3n) is 2.35. The Morgan fingerprint density at radius 1 is 1.40 bits per heavy atom. The van der Waals surface area contributed by atoms with Crippen molar-refractivity contribution in [2.24, 2.45) is 5.73 Å². The number of hydrogen-bond donors (Lipinski definition) is 2. The molecule has 0 aliphatic carbocycles. The Morgan fingerprint density at radius 2 is 2.10 bits per heavy atom. The maximum atomic E-state index is 13.1. The molecule has 108 valence electrons. The van der Waals surface area contributed by atoms with Crippen LogP contribution in [0.5, 0.6) is 0 Å². The van der Waals surface area contributed by atoms with Gasteiger partial charge in [0.25, 0.3) is 10.0 Å². The molecule has 0 saturated carbocycles. The molecule has 2 aromatic rings. The Bertz CT molecular complexity index is 725. The summed E-state index contributed by atoms with van der Waals surface area (Å²) in [5.41, 5.74) is 5.37. The lowest BCUT2D eigenvalue weighted by atomic mass is 10.3. The van der Waals surface area contributed by atoms with Gasteiger partial charge in [-0.2, -0.15) is 8.42 Å². The SMILES string of the molecule is NCc1ccc(S(=O)(=O)Nc2c(Cl)cc(F)cc2Br)o1. The second-order valence-electron chi connectivity index (χ2n) is 3.77. The quantitative estimate of drug-likeness (QED) is 0.849. The normalized spacial score (nSPS) is 11.6. The minimum Gasteiger partial charge on any atom is -0.446 e. The Morgan fingerprint density at radius 3 is 2.65 bits per heavy atom. The van der Waals surface area contributed by atoms with Crippen LogP contribution in [0.15, 0.2) is 38.2 Å². The molecule has 2 rings (SSSR count). The highest BCUT2D eigenvalue weighted by Gasteiger charge is 2.21. The van der Waals surface area contributed by atoms with Crippen molar-refractivity contribution >= 4 is 43.2 Å². The van der Waals surface area contributed by atoms with Crippen molar-refractivity contribution in [3.8, 4) is 0 Å². The number of sulfonamides is 1. The monoisotopic (exact) mass is 382 g/mol. The van der Waals surface area contributed by atoms with Gasteiger partial charge in [0.05, 0.1) is 17.3 Å². The fraction of sp³-hybridized carbons (Fsp3) is 0.0909. The molecule has 1 aromatic heterocycles. The van der Waals surface area contributed by atoms with Crippen LogP contribution in [0.3, 0.4) is 0 Å². The Kier molecular flexibility index (Phi) is 4.38. The molecular weight excluding hydrogens is 375 g/mol. The predicted molar refractivity (Wildman–Crippen MR) is 76.5 cm³/mol. The van der Waals surface area contributed by atoms with Gasteiger partial charge in [0.15, 0.2) is 0 Å². The van der Waals surface area contributed by atoms with Gasteiger partial charge in [0.2, 0.25) is 5.09 Å². The van der Waals surface area contributed by atoms with Crippen molar-refractivity contribution < 1.29 is 17.2 Å². The summed E-state index contributed by atoms with van der Waals surface area (Å²) in [5, 5.41) is -0.378. The molecule has 0 aliphatic heterocycles. The molecule has 3 N–H and O–H groups in total. The van der Waals surface area contributed by atoms with E-state index in [0.29, 0.717) is 5.76 Å². The maximum absolute atomic E-state index is 13.1. The zero-order valence-corrected chi connectivity index (χ0v) is 13.0. The Hall–Kier alpha value is -1.09. The summed E-state index contributed by atoms with van der Waals surface area (Å²) < 4.78 is 44.8. The third-order valence-corrected chi connectivity index (χ3v) is 4.49. The molecular formula is C11H9BrClFN2O3S. The predicted octanol–water partition coefficient (Wildman–Crippen LogP) is 3.09. The van der Waals surface area contributed by atoms with Crippen LogP contribution >= 0.6 is 27.5 Å². The minimum absolute atomic E-state index is 0.0266. The highest BCUT2D eigenvalue weighted by Crippen LogP contribution is 2.33. The van der Waals surface area contributed by atoms with Crippen molar-refractivity contribution in [3.63, 3.8) is 0 Å². The number of hydrogen-bond acceptors (Lipinski definition) is 4. The summed E-state index contributed by atoms with van der Waals surface area (Å²) in [6.45, 7) is 0.0799. The fourth-order valence-corrected chi connectivity index (χ4v) is 3.58. The standard InChI is InChI=1S/C11H9BrClFN2O3S/c12-8-3-6(14)4-9(13)11(8)16-20(17,18)10-2-1-7(5-15)19-10/h1-4,16H,5,15H2. The molecule has 0 aliphatic rings. The lowest BCUT2D eigenvalue weighted by Gasteiger charge is -2.10. The van der Waals surface area contributed by atoms with Gasteiger partial charge in [-0.1, -0.05) is 11.6 Å². The number of nitrogens with two attached hydrogens (primary N) is 1. The molecule has 0 bridgehead atoms. The molecule has 20 heavy (non-hydrogen) atoms. The number of rotatable bonds is 4. The first-order valence-corrected chi connectivity index (χ1v) is 7.95. The maximum Gasteiger partial charge on any atom is 0.295 e. The summed E-state index contributed by atoms with van der Waals surface area (Å²) in [6, 6.07) is 4.82. The van der Waals surface area contributed by atoms with Crippen molar-refractivity contribution in [3.05, 3.63) is 45.3 Å². The lowest BCUT2D eigenvalue weighted by molar-refractivity contribution is 0.417. The Labute approximate surface area is 128 Å². The van der Waals surface area contributed by atoms with Gasteiger partial charge in [-0.3, -0.25) is 4.72 Å².